The number of esters is 2. The van der Waals surface area contributed by atoms with Gasteiger partial charge in [0, 0.05) is 36.5 Å². The summed E-state index contributed by atoms with van der Waals surface area (Å²) >= 11 is 0. The Bertz CT molecular complexity index is 1100. The minimum atomic E-state index is -0.950. The molecule has 1 aliphatic heterocycles. The van der Waals surface area contributed by atoms with E-state index in [1.807, 2.05) is 13.8 Å². The summed E-state index contributed by atoms with van der Waals surface area (Å²) in [6, 6.07) is 0. The zero-order valence-corrected chi connectivity index (χ0v) is 24.0. The highest BCUT2D eigenvalue weighted by Gasteiger charge is 2.74. The molecule has 0 aromatic heterocycles. The van der Waals surface area contributed by atoms with Gasteiger partial charge >= 0.3 is 11.9 Å². The van der Waals surface area contributed by atoms with Crippen molar-refractivity contribution >= 4 is 17.7 Å². The van der Waals surface area contributed by atoms with Crippen LogP contribution in [-0.4, -0.2) is 40.8 Å². The summed E-state index contributed by atoms with van der Waals surface area (Å²) in [5.74, 6) is -0.807. The molecule has 1 N–H and O–H groups in total. The van der Waals surface area contributed by atoms with Crippen LogP contribution in [0.1, 0.15) is 93.4 Å². The average molecular weight is 529 g/mol. The quantitative estimate of drug-likeness (QED) is 0.158. The van der Waals surface area contributed by atoms with Gasteiger partial charge in [-0.15, -0.1) is 0 Å². The van der Waals surface area contributed by atoms with Crippen molar-refractivity contribution in [3.05, 3.63) is 23.3 Å². The largest absolute Gasteiger partial charge is 0.462 e. The Morgan fingerprint density at radius 1 is 1.13 bits per heavy atom. The van der Waals surface area contributed by atoms with Gasteiger partial charge in [0.2, 0.25) is 0 Å². The first kappa shape index (κ1) is 27.6. The lowest BCUT2D eigenvalue weighted by molar-refractivity contribution is -0.347. The summed E-state index contributed by atoms with van der Waals surface area (Å²) < 4.78 is 11.7. The molecule has 4 fully saturated rings. The number of rotatable bonds is 5. The lowest BCUT2D eigenvalue weighted by Gasteiger charge is -2.63. The topological polar surface area (TPSA) is 99.1 Å². The molecule has 7 heteroatoms. The number of fused-ring (bicyclic) bond motifs is 7. The van der Waals surface area contributed by atoms with Gasteiger partial charge in [-0.3, -0.25) is 19.6 Å². The molecule has 1 heterocycles. The zero-order valence-electron chi connectivity index (χ0n) is 24.0. The van der Waals surface area contributed by atoms with Crippen LogP contribution in [0.3, 0.4) is 0 Å². The highest BCUT2D eigenvalue weighted by atomic mass is 17.1. The fraction of sp³-hybridized carbons (Fsp3) is 0.774. The Balaban J connectivity index is 1.51. The second-order valence-electron chi connectivity index (χ2n) is 14.0. The number of ketones is 1. The van der Waals surface area contributed by atoms with Crippen molar-refractivity contribution < 1.29 is 34.0 Å². The number of carbonyl (C=O) groups excluding carboxylic acids is 3. The van der Waals surface area contributed by atoms with E-state index in [1.165, 1.54) is 6.92 Å². The minimum Gasteiger partial charge on any atom is -0.462 e. The minimum absolute atomic E-state index is 0.0374. The normalized spacial score (nSPS) is 44.5. The van der Waals surface area contributed by atoms with Crippen LogP contribution < -0.4 is 0 Å². The van der Waals surface area contributed by atoms with Crippen LogP contribution in [0.2, 0.25) is 0 Å². The van der Waals surface area contributed by atoms with E-state index in [0.717, 1.165) is 43.3 Å². The molecule has 38 heavy (non-hydrogen) atoms. The fourth-order valence-corrected chi connectivity index (χ4v) is 9.92. The van der Waals surface area contributed by atoms with Gasteiger partial charge in [0.15, 0.2) is 5.78 Å². The molecule has 0 aromatic rings. The van der Waals surface area contributed by atoms with Crippen molar-refractivity contribution in [3.8, 4) is 0 Å². The van der Waals surface area contributed by atoms with Crippen LogP contribution in [0, 0.1) is 39.9 Å². The Morgan fingerprint density at radius 3 is 2.47 bits per heavy atom. The monoisotopic (exact) mass is 528 g/mol. The molecule has 5 aliphatic rings. The molecule has 0 amide bonds. The predicted octanol–water partition coefficient (Wildman–Crippen LogP) is 5.82. The van der Waals surface area contributed by atoms with Gasteiger partial charge in [-0.05, 0) is 74.9 Å². The van der Waals surface area contributed by atoms with Crippen molar-refractivity contribution in [3.63, 3.8) is 0 Å². The number of allylic oxidation sites excluding steroid dienone is 3. The third kappa shape index (κ3) is 3.71. The molecule has 0 aromatic carbocycles. The first-order chi connectivity index (χ1) is 17.7. The average Bonchev–Trinajstić information content (AvgIpc) is 3.25. The van der Waals surface area contributed by atoms with Gasteiger partial charge in [0.25, 0.3) is 0 Å². The number of carbonyl (C=O) groups is 3. The molecule has 210 valence electrons. The van der Waals surface area contributed by atoms with Gasteiger partial charge in [-0.1, -0.05) is 39.3 Å². The second-order valence-corrected chi connectivity index (χ2v) is 14.0. The maximum atomic E-state index is 13.0. The van der Waals surface area contributed by atoms with Gasteiger partial charge in [0.1, 0.15) is 17.8 Å². The van der Waals surface area contributed by atoms with Crippen LogP contribution in [0.4, 0.5) is 0 Å². The van der Waals surface area contributed by atoms with E-state index in [0.29, 0.717) is 12.3 Å². The third-order valence-electron chi connectivity index (χ3n) is 11.5. The molecule has 0 radical (unpaired) electrons. The molecule has 0 spiro atoms. The van der Waals surface area contributed by atoms with E-state index >= 15 is 0 Å². The van der Waals surface area contributed by atoms with Crippen molar-refractivity contribution in [1.82, 2.24) is 0 Å². The van der Waals surface area contributed by atoms with Crippen LogP contribution in [-0.2, 0) is 28.7 Å². The SMILES string of the molecule is CC(=O)O[C@@H]1CC[C@]2(C)[C@H]3CC[C@]4(C)[C@@H]5[C@H](C[C@@]4(OO)C3=CC[C@H]2C1(C)C)OC(=O)[C@@H]5CC(=O)C=C(C)C. The van der Waals surface area contributed by atoms with Gasteiger partial charge < -0.3 is 9.47 Å². The highest BCUT2D eigenvalue weighted by Crippen LogP contribution is 2.72. The Labute approximate surface area is 226 Å². The van der Waals surface area contributed by atoms with Crippen molar-refractivity contribution in [2.24, 2.45) is 39.9 Å². The Hall–Kier alpha value is -1.99. The first-order valence-corrected chi connectivity index (χ1v) is 14.3. The van der Waals surface area contributed by atoms with Crippen molar-refractivity contribution in [1.29, 1.82) is 0 Å². The van der Waals surface area contributed by atoms with Gasteiger partial charge in [0.05, 0.1) is 5.92 Å². The van der Waals surface area contributed by atoms with Crippen LogP contribution in [0.5, 0.6) is 0 Å². The summed E-state index contributed by atoms with van der Waals surface area (Å²) in [6.07, 6.45) is 8.15. The number of hydrogen-bond acceptors (Lipinski definition) is 7. The Kier molecular flexibility index (Phi) is 6.54. The standard InChI is InChI=1S/C31H44O7/c1-17(2)14-19(33)15-20-26-23(37-27(20)34)16-31(38-35)22-8-9-24-28(4,5)25(36-18(3)32)11-12-29(24,6)21(22)10-13-30(26,31)7/h8,14,20-21,23-26,35H,9-13,15-16H2,1-7H3/t20-,21+,23+,24+,25-,26+,29-,30-,31-/m1/s1. The zero-order chi connectivity index (χ0) is 27.8. The smallest absolute Gasteiger partial charge is 0.310 e. The molecule has 7 nitrogen and oxygen atoms in total. The Morgan fingerprint density at radius 2 is 1.84 bits per heavy atom. The highest BCUT2D eigenvalue weighted by molar-refractivity contribution is 5.93. The van der Waals surface area contributed by atoms with E-state index in [4.69, 9.17) is 14.4 Å². The van der Waals surface area contributed by atoms with Gasteiger partial charge in [-0.2, -0.15) is 0 Å². The molecule has 9 atom stereocenters. The molecule has 0 bridgehead atoms. The first-order valence-electron chi connectivity index (χ1n) is 14.3. The molecular formula is C31H44O7. The second kappa shape index (κ2) is 9.02. The lowest BCUT2D eigenvalue weighted by atomic mass is 9.42. The van der Waals surface area contributed by atoms with Crippen LogP contribution in [0.15, 0.2) is 23.3 Å². The van der Waals surface area contributed by atoms with Crippen molar-refractivity contribution in [2.75, 3.05) is 0 Å². The van der Waals surface area contributed by atoms with Crippen molar-refractivity contribution in [2.45, 2.75) is 111 Å². The number of ether oxygens (including phenoxy) is 2. The summed E-state index contributed by atoms with van der Waals surface area (Å²) in [5, 5.41) is 10.7. The van der Waals surface area contributed by atoms with Crippen LogP contribution >= 0.6 is 0 Å². The summed E-state index contributed by atoms with van der Waals surface area (Å²) in [7, 11) is 0. The maximum absolute atomic E-state index is 13.0. The summed E-state index contributed by atoms with van der Waals surface area (Å²) in [6.45, 7) is 14.2. The van der Waals surface area contributed by atoms with E-state index in [2.05, 4.69) is 33.8 Å². The van der Waals surface area contributed by atoms with Gasteiger partial charge in [-0.25, -0.2) is 4.89 Å². The maximum Gasteiger partial charge on any atom is 0.310 e. The summed E-state index contributed by atoms with van der Waals surface area (Å²) in [4.78, 5) is 43.1. The molecule has 3 saturated carbocycles. The molecule has 0 unspecified atom stereocenters. The molecule has 5 rings (SSSR count). The molecule has 4 aliphatic carbocycles. The fourth-order valence-electron chi connectivity index (χ4n) is 9.92. The lowest BCUT2D eigenvalue weighted by Crippen LogP contribution is -2.61. The predicted molar refractivity (Wildman–Crippen MR) is 141 cm³/mol. The van der Waals surface area contributed by atoms with Crippen LogP contribution in [0.25, 0.3) is 0 Å². The third-order valence-corrected chi connectivity index (χ3v) is 11.5. The number of hydrogen-bond donors (Lipinski definition) is 1. The van der Waals surface area contributed by atoms with E-state index in [-0.39, 0.29) is 59.0 Å². The summed E-state index contributed by atoms with van der Waals surface area (Å²) in [5.41, 5.74) is 0.329. The van der Waals surface area contributed by atoms with E-state index in [1.54, 1.807) is 6.08 Å². The molecule has 1 saturated heterocycles. The van der Waals surface area contributed by atoms with E-state index in [9.17, 15) is 19.6 Å². The molecular weight excluding hydrogens is 484 g/mol. The van der Waals surface area contributed by atoms with E-state index < -0.39 is 16.9 Å².